The maximum atomic E-state index is 2.95. The quantitative estimate of drug-likeness (QED) is 0.422. The Hall–Kier alpha value is -4.88. The van der Waals surface area contributed by atoms with Crippen LogP contribution in [0.2, 0.25) is 0 Å². The van der Waals surface area contributed by atoms with Crippen molar-refractivity contribution in [3.05, 3.63) is 144 Å². The monoisotopic (exact) mass is 404 g/mol. The Kier molecular flexibility index (Phi) is 9.11. The van der Waals surface area contributed by atoms with Gasteiger partial charge in [0.25, 0.3) is 0 Å². The van der Waals surface area contributed by atoms with E-state index < -0.39 is 0 Å². The van der Waals surface area contributed by atoms with Gasteiger partial charge in [0, 0.05) is 0 Å². The van der Waals surface area contributed by atoms with E-state index in [1.165, 1.54) is 0 Å². The third-order valence-corrected chi connectivity index (χ3v) is 4.16. The molecule has 3 aliphatic carbocycles. The van der Waals surface area contributed by atoms with Gasteiger partial charge in [-0.3, -0.25) is 0 Å². The molecule has 0 aromatic heterocycles. The molecule has 0 radical (unpaired) electrons. The van der Waals surface area contributed by atoms with Gasteiger partial charge in [0.15, 0.2) is 0 Å². The first-order chi connectivity index (χ1) is 15.9. The summed E-state index contributed by atoms with van der Waals surface area (Å²) < 4.78 is 0. The van der Waals surface area contributed by atoms with E-state index in [1.807, 2.05) is 97.2 Å². The van der Waals surface area contributed by atoms with E-state index in [9.17, 15) is 0 Å². The summed E-state index contributed by atoms with van der Waals surface area (Å²) in [5.74, 6) is 23.2. The first-order valence-electron chi connectivity index (χ1n) is 10.1. The molecule has 0 saturated carbocycles. The molecule has 3 rings (SSSR count). The summed E-state index contributed by atoms with van der Waals surface area (Å²) in [7, 11) is 0. The minimum atomic E-state index is 1.05. The molecule has 0 atom stereocenters. The minimum Gasteiger partial charge on any atom is -0.0617 e. The molecule has 0 N–H and O–H groups in total. The molecule has 148 valence electrons. The summed E-state index contributed by atoms with van der Waals surface area (Å²) in [5, 5.41) is 0. The topological polar surface area (TPSA) is 0 Å². The highest BCUT2D eigenvalue weighted by Crippen LogP contribution is 2.10. The van der Waals surface area contributed by atoms with Crippen LogP contribution in [0.15, 0.2) is 144 Å². The molecule has 0 aliphatic heterocycles. The molecule has 0 saturated heterocycles. The van der Waals surface area contributed by atoms with Gasteiger partial charge in [-0.1, -0.05) is 96.6 Å². The molecule has 0 unspecified atom stereocenters. The van der Waals surface area contributed by atoms with Crippen LogP contribution in [-0.2, 0) is 0 Å². The van der Waals surface area contributed by atoms with Gasteiger partial charge in [-0.2, -0.15) is 0 Å². The smallest absolute Gasteiger partial charge is 0.0102 e. The zero-order valence-electron chi connectivity index (χ0n) is 17.5. The number of rotatable bonds is 0. The number of hydrogen-bond donors (Lipinski definition) is 0. The molecule has 0 nitrogen and oxygen atoms in total. The van der Waals surface area contributed by atoms with Gasteiger partial charge >= 0.3 is 0 Å². The van der Waals surface area contributed by atoms with Crippen molar-refractivity contribution in [1.29, 1.82) is 0 Å². The molecule has 3 aliphatic rings. The van der Waals surface area contributed by atoms with E-state index in [0.717, 1.165) is 22.3 Å². The van der Waals surface area contributed by atoms with Crippen molar-refractivity contribution in [1.82, 2.24) is 0 Å². The van der Waals surface area contributed by atoms with E-state index in [1.54, 1.807) is 24.3 Å². The molecule has 32 heavy (non-hydrogen) atoms. The lowest BCUT2D eigenvalue weighted by Crippen LogP contribution is -1.77. The molecule has 0 aromatic rings. The van der Waals surface area contributed by atoms with Crippen molar-refractivity contribution in [2.24, 2.45) is 0 Å². The van der Waals surface area contributed by atoms with Crippen LogP contribution in [-0.4, -0.2) is 0 Å². The lowest BCUT2D eigenvalue weighted by atomic mass is 10.1. The van der Waals surface area contributed by atoms with Gasteiger partial charge < -0.3 is 0 Å². The first kappa shape index (κ1) is 21.8. The van der Waals surface area contributed by atoms with E-state index in [-0.39, 0.29) is 0 Å². The highest BCUT2D eigenvalue weighted by Gasteiger charge is 1.91. The van der Waals surface area contributed by atoms with Crippen LogP contribution >= 0.6 is 0 Å². The summed E-state index contributed by atoms with van der Waals surface area (Å²) in [5.41, 5.74) is 4.19. The molecule has 0 fully saturated rings. The van der Waals surface area contributed by atoms with Crippen LogP contribution in [0.3, 0.4) is 0 Å². The summed E-state index contributed by atoms with van der Waals surface area (Å²) >= 11 is 0. The van der Waals surface area contributed by atoms with Gasteiger partial charge in [0.1, 0.15) is 0 Å². The average Bonchev–Trinajstić information content (AvgIpc) is 2.76. The third-order valence-electron chi connectivity index (χ3n) is 4.16. The lowest BCUT2D eigenvalue weighted by Gasteiger charge is -1.97. The molecule has 0 heterocycles. The number of allylic oxidation sites excluding steroid dienone is 24. The Morgan fingerprint density at radius 3 is 0.812 bits per heavy atom. The van der Waals surface area contributed by atoms with Crippen LogP contribution in [0.5, 0.6) is 0 Å². The number of hydrogen-bond acceptors (Lipinski definition) is 0. The van der Waals surface area contributed by atoms with E-state index in [2.05, 4.69) is 47.4 Å². The Morgan fingerprint density at radius 1 is 0.312 bits per heavy atom. The van der Waals surface area contributed by atoms with Crippen molar-refractivity contribution in [2.75, 3.05) is 0 Å². The van der Waals surface area contributed by atoms with Crippen LogP contribution in [0.25, 0.3) is 0 Å². The van der Waals surface area contributed by atoms with Crippen LogP contribution in [0.4, 0.5) is 0 Å². The van der Waals surface area contributed by atoms with E-state index in [4.69, 9.17) is 0 Å². The Balaban J connectivity index is 1.87. The second-order valence-corrected chi connectivity index (χ2v) is 6.51. The Labute approximate surface area is 191 Å². The Morgan fingerprint density at radius 2 is 0.562 bits per heavy atom. The molecule has 0 spiro atoms. The normalized spacial score (nSPS) is 31.0. The van der Waals surface area contributed by atoms with Crippen LogP contribution in [0.1, 0.15) is 0 Å². The second kappa shape index (κ2) is 13.4. The number of fused-ring (bicyclic) bond motifs is 4. The predicted molar refractivity (Wildman–Crippen MR) is 137 cm³/mol. The van der Waals surface area contributed by atoms with Crippen molar-refractivity contribution >= 4 is 0 Å². The SMILES string of the molecule is C1#C\C=C/C2=C/C=C\C=C(\C=C/C#CC#C/C=C/C3=C/C=C\C=C(\C=C/C#C1)/C=C\3)/C=C\2. The van der Waals surface area contributed by atoms with Gasteiger partial charge in [-0.05, 0) is 94.6 Å². The molecule has 0 heteroatoms. The zero-order chi connectivity index (χ0) is 22.1. The minimum absolute atomic E-state index is 1.05. The predicted octanol–water partition coefficient (Wildman–Crippen LogP) is 6.20. The van der Waals surface area contributed by atoms with Gasteiger partial charge in [-0.25, -0.2) is 0 Å². The lowest BCUT2D eigenvalue weighted by molar-refractivity contribution is 1.59. The Bertz CT molecular complexity index is 1130. The molecular formula is C32H20. The fraction of sp³-hybridized carbons (Fsp3) is 0. The van der Waals surface area contributed by atoms with Crippen LogP contribution in [0, 0.1) is 47.4 Å². The third kappa shape index (κ3) is 8.64. The highest BCUT2D eigenvalue weighted by molar-refractivity contribution is 5.49. The molecule has 0 aromatic carbocycles. The van der Waals surface area contributed by atoms with Gasteiger partial charge in [0.05, 0.1) is 0 Å². The average molecular weight is 405 g/mol. The van der Waals surface area contributed by atoms with E-state index in [0.29, 0.717) is 0 Å². The maximum Gasteiger partial charge on any atom is -0.0102 e. The van der Waals surface area contributed by atoms with Crippen molar-refractivity contribution in [2.45, 2.75) is 0 Å². The maximum absolute atomic E-state index is 2.95. The fourth-order valence-corrected chi connectivity index (χ4v) is 2.58. The first-order valence-corrected chi connectivity index (χ1v) is 10.1. The summed E-state index contributed by atoms with van der Waals surface area (Å²) in [6, 6.07) is 0. The molecule has 4 bridgehead atoms. The highest BCUT2D eigenvalue weighted by atomic mass is 14.0. The standard InChI is InChI=1S/C32H20/c1-2-6-10-18-30-22-15-16-24-32(28-27-30)20-12-8-4-3-7-11-19-31-23-14-13-21-29(25-26-31)17-9-5-1/h9-28H/b14-13-,16-15-,17-9-,18-10-,19-11-,20-12+,21-13?,22-15?,23-14?,24-16?,26-25-,28-27-,29-17?,29-21-,29-25?,30-18?,30-22-,30-27?,31-19?,31-23-,31-26?,32-20?,32-24-,32-28?. The molecule has 0 amide bonds. The second-order valence-electron chi connectivity index (χ2n) is 6.51. The van der Waals surface area contributed by atoms with E-state index >= 15 is 0 Å². The van der Waals surface area contributed by atoms with Gasteiger partial charge in [-0.15, -0.1) is 0 Å². The van der Waals surface area contributed by atoms with Gasteiger partial charge in [0.2, 0.25) is 0 Å². The van der Waals surface area contributed by atoms with Crippen LogP contribution < -0.4 is 0 Å². The zero-order valence-corrected chi connectivity index (χ0v) is 17.5. The summed E-state index contributed by atoms with van der Waals surface area (Å²) in [4.78, 5) is 0. The van der Waals surface area contributed by atoms with Crippen molar-refractivity contribution in [3.8, 4) is 47.4 Å². The largest absolute Gasteiger partial charge is 0.0617 e. The fourth-order valence-electron chi connectivity index (χ4n) is 2.58. The summed E-state index contributed by atoms with van der Waals surface area (Å²) in [6.45, 7) is 0. The molecular weight excluding hydrogens is 384 g/mol. The van der Waals surface area contributed by atoms with Crippen molar-refractivity contribution in [3.63, 3.8) is 0 Å². The summed E-state index contributed by atoms with van der Waals surface area (Å²) in [6.07, 6.45) is 39.3. The van der Waals surface area contributed by atoms with Crippen molar-refractivity contribution < 1.29 is 0 Å².